The molecule has 142 valence electrons. The second-order valence-electron chi connectivity index (χ2n) is 6.88. The van der Waals surface area contributed by atoms with Gasteiger partial charge in [0, 0.05) is 35.3 Å². The van der Waals surface area contributed by atoms with Gasteiger partial charge in [0.2, 0.25) is 17.6 Å². The normalized spacial score (nSPS) is 13.6. The first-order valence-electron chi connectivity index (χ1n) is 9.21. The first-order valence-corrected chi connectivity index (χ1v) is 9.21. The van der Waals surface area contributed by atoms with Crippen LogP contribution in [0.3, 0.4) is 0 Å². The fourth-order valence-electron chi connectivity index (χ4n) is 3.02. The molecule has 0 bridgehead atoms. The SMILES string of the molecule is CC(=O)Nc1ccc(NC(=O)c2cccc(-c3noc(C4CCC4)n3)c2)cc1. The van der Waals surface area contributed by atoms with Gasteiger partial charge in [-0.2, -0.15) is 4.98 Å². The van der Waals surface area contributed by atoms with Gasteiger partial charge in [-0.05, 0) is 49.2 Å². The van der Waals surface area contributed by atoms with E-state index >= 15 is 0 Å². The van der Waals surface area contributed by atoms with E-state index in [1.807, 2.05) is 6.07 Å². The van der Waals surface area contributed by atoms with Crippen LogP contribution in [0.2, 0.25) is 0 Å². The van der Waals surface area contributed by atoms with Crippen molar-refractivity contribution in [3.05, 3.63) is 60.0 Å². The number of benzene rings is 2. The van der Waals surface area contributed by atoms with Crippen LogP contribution in [0.25, 0.3) is 11.4 Å². The van der Waals surface area contributed by atoms with Gasteiger partial charge in [-0.15, -0.1) is 0 Å². The summed E-state index contributed by atoms with van der Waals surface area (Å²) in [5.41, 5.74) is 2.55. The van der Waals surface area contributed by atoms with Crippen molar-refractivity contribution in [3.8, 4) is 11.4 Å². The van der Waals surface area contributed by atoms with Crippen molar-refractivity contribution in [1.82, 2.24) is 10.1 Å². The lowest BCUT2D eigenvalue weighted by Crippen LogP contribution is -2.12. The summed E-state index contributed by atoms with van der Waals surface area (Å²) in [4.78, 5) is 28.1. The molecule has 2 N–H and O–H groups in total. The molecule has 0 unspecified atom stereocenters. The van der Waals surface area contributed by atoms with Crippen molar-refractivity contribution in [3.63, 3.8) is 0 Å². The Bertz CT molecular complexity index is 1010. The van der Waals surface area contributed by atoms with E-state index in [4.69, 9.17) is 4.52 Å². The lowest BCUT2D eigenvalue weighted by molar-refractivity contribution is -0.114. The Balaban J connectivity index is 1.46. The number of carbonyl (C=O) groups excluding carboxylic acids is 2. The molecular weight excluding hydrogens is 356 g/mol. The molecule has 1 aromatic heterocycles. The summed E-state index contributed by atoms with van der Waals surface area (Å²) >= 11 is 0. The van der Waals surface area contributed by atoms with E-state index in [-0.39, 0.29) is 11.8 Å². The third-order valence-electron chi connectivity index (χ3n) is 4.74. The summed E-state index contributed by atoms with van der Waals surface area (Å²) in [6, 6.07) is 14.1. The average Bonchev–Trinajstić information content (AvgIpc) is 3.11. The van der Waals surface area contributed by atoms with Gasteiger partial charge in [0.05, 0.1) is 0 Å². The molecule has 1 fully saturated rings. The Kier molecular flexibility index (Phi) is 4.89. The third kappa shape index (κ3) is 3.93. The minimum Gasteiger partial charge on any atom is -0.339 e. The number of aromatic nitrogens is 2. The Morgan fingerprint density at radius 1 is 1.04 bits per heavy atom. The molecule has 1 saturated carbocycles. The maximum absolute atomic E-state index is 12.6. The van der Waals surface area contributed by atoms with Crippen LogP contribution in [0.5, 0.6) is 0 Å². The molecule has 7 heteroatoms. The summed E-state index contributed by atoms with van der Waals surface area (Å²) in [5.74, 6) is 1.16. The zero-order valence-electron chi connectivity index (χ0n) is 15.4. The number of carbonyl (C=O) groups is 2. The van der Waals surface area contributed by atoms with Crippen molar-refractivity contribution in [2.75, 3.05) is 10.6 Å². The van der Waals surface area contributed by atoms with E-state index in [1.165, 1.54) is 13.3 Å². The standard InChI is InChI=1S/C21H20N4O3/c1-13(26)22-17-8-10-18(11-9-17)23-20(27)16-7-3-6-15(12-16)19-24-21(28-25-19)14-4-2-5-14/h3,6-12,14H,2,4-5H2,1H3,(H,22,26)(H,23,27). The third-order valence-corrected chi connectivity index (χ3v) is 4.74. The van der Waals surface area contributed by atoms with E-state index in [9.17, 15) is 9.59 Å². The second-order valence-corrected chi connectivity index (χ2v) is 6.88. The van der Waals surface area contributed by atoms with Gasteiger partial charge in [-0.25, -0.2) is 0 Å². The van der Waals surface area contributed by atoms with Crippen LogP contribution in [0.4, 0.5) is 11.4 Å². The number of nitrogens with zero attached hydrogens (tertiary/aromatic N) is 2. The van der Waals surface area contributed by atoms with E-state index in [0.29, 0.717) is 34.6 Å². The minimum absolute atomic E-state index is 0.143. The van der Waals surface area contributed by atoms with Crippen LogP contribution < -0.4 is 10.6 Å². The highest BCUT2D eigenvalue weighted by Gasteiger charge is 2.25. The van der Waals surface area contributed by atoms with Crippen molar-refractivity contribution in [2.24, 2.45) is 0 Å². The van der Waals surface area contributed by atoms with Gasteiger partial charge in [0.15, 0.2) is 0 Å². The van der Waals surface area contributed by atoms with Gasteiger partial charge in [-0.1, -0.05) is 23.7 Å². The minimum atomic E-state index is -0.239. The number of hydrogen-bond acceptors (Lipinski definition) is 5. The fourth-order valence-corrected chi connectivity index (χ4v) is 3.02. The molecule has 4 rings (SSSR count). The summed E-state index contributed by atoms with van der Waals surface area (Å²) in [6.45, 7) is 1.45. The van der Waals surface area contributed by atoms with Crippen LogP contribution in [0.15, 0.2) is 53.1 Å². The molecule has 0 spiro atoms. The molecule has 7 nitrogen and oxygen atoms in total. The number of nitrogens with one attached hydrogen (secondary N) is 2. The summed E-state index contributed by atoms with van der Waals surface area (Å²) in [7, 11) is 0. The van der Waals surface area contributed by atoms with Gasteiger partial charge < -0.3 is 15.2 Å². The number of hydrogen-bond donors (Lipinski definition) is 2. The van der Waals surface area contributed by atoms with Gasteiger partial charge in [0.1, 0.15) is 0 Å². The smallest absolute Gasteiger partial charge is 0.255 e. The fraction of sp³-hybridized carbons (Fsp3) is 0.238. The highest BCUT2D eigenvalue weighted by molar-refractivity contribution is 6.05. The quantitative estimate of drug-likeness (QED) is 0.695. The molecule has 0 saturated heterocycles. The van der Waals surface area contributed by atoms with Gasteiger partial charge in [-0.3, -0.25) is 9.59 Å². The highest BCUT2D eigenvalue weighted by atomic mass is 16.5. The second kappa shape index (κ2) is 7.64. The largest absolute Gasteiger partial charge is 0.339 e. The molecule has 3 aromatic rings. The predicted molar refractivity (Wildman–Crippen MR) is 105 cm³/mol. The topological polar surface area (TPSA) is 97.1 Å². The number of anilines is 2. The maximum atomic E-state index is 12.6. The van der Waals surface area contributed by atoms with Crippen LogP contribution in [-0.2, 0) is 4.79 Å². The lowest BCUT2D eigenvalue weighted by Gasteiger charge is -2.20. The monoisotopic (exact) mass is 376 g/mol. The van der Waals surface area contributed by atoms with E-state index in [0.717, 1.165) is 18.4 Å². The lowest BCUT2D eigenvalue weighted by atomic mass is 9.85. The van der Waals surface area contributed by atoms with E-state index in [1.54, 1.807) is 42.5 Å². The van der Waals surface area contributed by atoms with Crippen molar-refractivity contribution >= 4 is 23.2 Å². The number of amides is 2. The Morgan fingerprint density at radius 2 is 1.75 bits per heavy atom. The summed E-state index contributed by atoms with van der Waals surface area (Å²) < 4.78 is 5.37. The number of rotatable bonds is 5. The molecule has 1 aliphatic carbocycles. The van der Waals surface area contributed by atoms with E-state index < -0.39 is 0 Å². The summed E-state index contributed by atoms with van der Waals surface area (Å²) in [5, 5.41) is 9.58. The first-order chi connectivity index (χ1) is 13.6. The molecule has 1 heterocycles. The zero-order valence-corrected chi connectivity index (χ0v) is 15.4. The molecular formula is C21H20N4O3. The first kappa shape index (κ1) is 17.9. The molecule has 1 aliphatic rings. The molecule has 0 atom stereocenters. The van der Waals surface area contributed by atoms with Crippen LogP contribution in [-0.4, -0.2) is 22.0 Å². The van der Waals surface area contributed by atoms with E-state index in [2.05, 4.69) is 20.8 Å². The molecule has 2 amide bonds. The Labute approximate surface area is 162 Å². The van der Waals surface area contributed by atoms with Gasteiger partial charge >= 0.3 is 0 Å². The Morgan fingerprint density at radius 3 is 2.39 bits per heavy atom. The van der Waals surface area contributed by atoms with Gasteiger partial charge in [0.25, 0.3) is 5.91 Å². The Hall–Kier alpha value is -3.48. The van der Waals surface area contributed by atoms with Crippen molar-refractivity contribution < 1.29 is 14.1 Å². The molecule has 2 aromatic carbocycles. The zero-order chi connectivity index (χ0) is 19.5. The van der Waals surface area contributed by atoms with Crippen LogP contribution >= 0.6 is 0 Å². The van der Waals surface area contributed by atoms with Crippen molar-refractivity contribution in [2.45, 2.75) is 32.1 Å². The predicted octanol–water partition coefficient (Wildman–Crippen LogP) is 4.21. The van der Waals surface area contributed by atoms with Crippen molar-refractivity contribution in [1.29, 1.82) is 0 Å². The maximum Gasteiger partial charge on any atom is 0.255 e. The van der Waals surface area contributed by atoms with Crippen LogP contribution in [0.1, 0.15) is 48.4 Å². The molecule has 0 radical (unpaired) electrons. The summed E-state index contributed by atoms with van der Waals surface area (Å²) in [6.07, 6.45) is 3.37. The molecule has 0 aliphatic heterocycles. The average molecular weight is 376 g/mol. The highest BCUT2D eigenvalue weighted by Crippen LogP contribution is 2.36. The van der Waals surface area contributed by atoms with Crippen LogP contribution in [0, 0.1) is 0 Å². The molecule has 28 heavy (non-hydrogen) atoms.